The molecule has 2 nitrogen and oxygen atoms in total. The van der Waals surface area contributed by atoms with Crippen LogP contribution in [0.25, 0.3) is 0 Å². The van der Waals surface area contributed by atoms with Crippen LogP contribution in [-0.2, 0) is 0 Å². The number of aliphatic hydroxyl groups excluding tert-OH is 1. The first-order valence-electron chi connectivity index (χ1n) is 5.83. The van der Waals surface area contributed by atoms with Gasteiger partial charge in [0.15, 0.2) is 0 Å². The highest BCUT2D eigenvalue weighted by atomic mass is 16.5. The topological polar surface area (TPSA) is 29.5 Å². The molecule has 92 valence electrons. The van der Waals surface area contributed by atoms with E-state index in [0.717, 1.165) is 11.3 Å². The molecule has 0 radical (unpaired) electrons. The minimum absolute atomic E-state index is 0.181. The molecule has 1 aromatic carbocycles. The zero-order chi connectivity index (χ0) is 12.9. The normalized spacial score (nSPS) is 12.5. The fourth-order valence-corrected chi connectivity index (χ4v) is 1.26. The van der Waals surface area contributed by atoms with Crippen molar-refractivity contribution in [3.63, 3.8) is 0 Å². The molecule has 1 atom stereocenters. The van der Waals surface area contributed by atoms with Gasteiger partial charge in [0.2, 0.25) is 0 Å². The van der Waals surface area contributed by atoms with Gasteiger partial charge in [-0.1, -0.05) is 11.8 Å². The average molecular weight is 232 g/mol. The molecular weight excluding hydrogens is 212 g/mol. The molecule has 0 heterocycles. The number of ether oxygens (including phenoxy) is 1. The average Bonchev–Trinajstić information content (AvgIpc) is 2.18. The molecule has 0 saturated heterocycles. The maximum atomic E-state index is 9.08. The Balaban J connectivity index is 2.64. The van der Waals surface area contributed by atoms with Crippen LogP contribution in [0, 0.1) is 11.8 Å². The molecule has 1 N–H and O–H groups in total. The molecule has 0 spiro atoms. The van der Waals surface area contributed by atoms with E-state index >= 15 is 0 Å². The molecule has 0 fully saturated rings. The van der Waals surface area contributed by atoms with E-state index in [1.165, 1.54) is 0 Å². The van der Waals surface area contributed by atoms with E-state index in [2.05, 4.69) is 11.8 Å². The summed E-state index contributed by atoms with van der Waals surface area (Å²) in [5.74, 6) is 6.77. The molecule has 0 saturated carbocycles. The summed E-state index contributed by atoms with van der Waals surface area (Å²) in [6.07, 6.45) is 0.131. The van der Waals surface area contributed by atoms with Crippen LogP contribution in [0.3, 0.4) is 0 Å². The summed E-state index contributed by atoms with van der Waals surface area (Å²) in [5.41, 5.74) is 0.756. The standard InChI is InChI=1S/C15H20O2/c1-12(16)6-5-7-13-8-10-14(11-9-13)17-15(2,3)4/h8-12,16H,6H2,1-4H3. The van der Waals surface area contributed by atoms with Crippen molar-refractivity contribution >= 4 is 0 Å². The Hall–Kier alpha value is -1.46. The lowest BCUT2D eigenvalue weighted by Gasteiger charge is -2.21. The van der Waals surface area contributed by atoms with Crippen LogP contribution in [0.15, 0.2) is 24.3 Å². The minimum atomic E-state index is -0.369. The van der Waals surface area contributed by atoms with Crippen molar-refractivity contribution < 1.29 is 9.84 Å². The van der Waals surface area contributed by atoms with E-state index in [1.807, 2.05) is 45.0 Å². The maximum Gasteiger partial charge on any atom is 0.120 e. The third kappa shape index (κ3) is 5.99. The summed E-state index contributed by atoms with van der Waals surface area (Å²) < 4.78 is 5.71. The molecule has 0 aromatic heterocycles. The van der Waals surface area contributed by atoms with Gasteiger partial charge in [-0.15, -0.1) is 0 Å². The van der Waals surface area contributed by atoms with E-state index in [4.69, 9.17) is 9.84 Å². The summed E-state index contributed by atoms with van der Waals surface area (Å²) in [5, 5.41) is 9.08. The molecule has 0 amide bonds. The summed E-state index contributed by atoms with van der Waals surface area (Å²) in [7, 11) is 0. The Labute approximate surface area is 104 Å². The van der Waals surface area contributed by atoms with E-state index in [9.17, 15) is 0 Å². The first-order chi connectivity index (χ1) is 7.87. The second-order valence-corrected chi connectivity index (χ2v) is 5.09. The molecular formula is C15H20O2. The van der Waals surface area contributed by atoms with Crippen LogP contribution < -0.4 is 4.74 Å². The minimum Gasteiger partial charge on any atom is -0.488 e. The molecule has 1 aromatic rings. The van der Waals surface area contributed by atoms with Crippen LogP contribution in [0.4, 0.5) is 0 Å². The van der Waals surface area contributed by atoms with E-state index in [-0.39, 0.29) is 11.7 Å². The van der Waals surface area contributed by atoms with Crippen LogP contribution in [0.1, 0.15) is 39.7 Å². The molecule has 1 unspecified atom stereocenters. The van der Waals surface area contributed by atoms with Gasteiger partial charge in [-0.2, -0.15) is 0 Å². The van der Waals surface area contributed by atoms with Gasteiger partial charge in [0.25, 0.3) is 0 Å². The summed E-state index contributed by atoms with van der Waals surface area (Å²) in [4.78, 5) is 0. The Morgan fingerprint density at radius 1 is 1.24 bits per heavy atom. The van der Waals surface area contributed by atoms with Crippen molar-refractivity contribution in [2.45, 2.75) is 45.8 Å². The van der Waals surface area contributed by atoms with Crippen molar-refractivity contribution in [2.75, 3.05) is 0 Å². The fraction of sp³-hybridized carbons (Fsp3) is 0.467. The highest BCUT2D eigenvalue weighted by Crippen LogP contribution is 2.18. The Morgan fingerprint density at radius 2 is 1.82 bits per heavy atom. The predicted octanol–water partition coefficient (Wildman–Crippen LogP) is 2.99. The fourth-order valence-electron chi connectivity index (χ4n) is 1.26. The molecule has 0 bridgehead atoms. The van der Waals surface area contributed by atoms with E-state index < -0.39 is 0 Å². The third-order valence-electron chi connectivity index (χ3n) is 1.91. The van der Waals surface area contributed by atoms with Crippen molar-refractivity contribution in [1.29, 1.82) is 0 Å². The lowest BCUT2D eigenvalue weighted by molar-refractivity contribution is 0.131. The number of rotatable bonds is 2. The zero-order valence-corrected chi connectivity index (χ0v) is 10.9. The van der Waals surface area contributed by atoms with Gasteiger partial charge in [0, 0.05) is 12.0 Å². The third-order valence-corrected chi connectivity index (χ3v) is 1.91. The molecule has 1 rings (SSSR count). The van der Waals surface area contributed by atoms with Gasteiger partial charge < -0.3 is 9.84 Å². The lowest BCUT2D eigenvalue weighted by atomic mass is 10.1. The van der Waals surface area contributed by atoms with Crippen molar-refractivity contribution in [3.8, 4) is 17.6 Å². The quantitative estimate of drug-likeness (QED) is 0.794. The van der Waals surface area contributed by atoms with Crippen molar-refractivity contribution in [3.05, 3.63) is 29.8 Å². The van der Waals surface area contributed by atoms with Crippen LogP contribution >= 0.6 is 0 Å². The van der Waals surface area contributed by atoms with Gasteiger partial charge >= 0.3 is 0 Å². The summed E-state index contributed by atoms with van der Waals surface area (Å²) in [6.45, 7) is 7.78. The highest BCUT2D eigenvalue weighted by Gasteiger charge is 2.10. The molecule has 17 heavy (non-hydrogen) atoms. The predicted molar refractivity (Wildman–Crippen MR) is 70.0 cm³/mol. The largest absolute Gasteiger partial charge is 0.488 e. The molecule has 0 aliphatic rings. The van der Waals surface area contributed by atoms with Crippen LogP contribution in [0.2, 0.25) is 0 Å². The smallest absolute Gasteiger partial charge is 0.120 e. The first-order valence-corrected chi connectivity index (χ1v) is 5.83. The summed E-state index contributed by atoms with van der Waals surface area (Å²) >= 11 is 0. The molecule has 0 aliphatic carbocycles. The van der Waals surface area contributed by atoms with Crippen LogP contribution in [-0.4, -0.2) is 16.8 Å². The van der Waals surface area contributed by atoms with Gasteiger partial charge in [0.05, 0.1) is 6.10 Å². The highest BCUT2D eigenvalue weighted by molar-refractivity contribution is 5.38. The first kappa shape index (κ1) is 13.6. The molecule has 0 aliphatic heterocycles. The Kier molecular flexibility index (Phi) is 4.60. The van der Waals surface area contributed by atoms with E-state index in [1.54, 1.807) is 6.92 Å². The van der Waals surface area contributed by atoms with Gasteiger partial charge in [0.1, 0.15) is 11.4 Å². The second-order valence-electron chi connectivity index (χ2n) is 5.09. The van der Waals surface area contributed by atoms with E-state index in [0.29, 0.717) is 6.42 Å². The van der Waals surface area contributed by atoms with Crippen molar-refractivity contribution in [2.24, 2.45) is 0 Å². The number of hydrogen-bond donors (Lipinski definition) is 1. The van der Waals surface area contributed by atoms with Crippen molar-refractivity contribution in [1.82, 2.24) is 0 Å². The monoisotopic (exact) mass is 232 g/mol. The number of aliphatic hydroxyl groups is 1. The maximum absolute atomic E-state index is 9.08. The zero-order valence-electron chi connectivity index (χ0n) is 10.9. The SMILES string of the molecule is CC(O)CC#Cc1ccc(OC(C)(C)C)cc1. The number of benzene rings is 1. The lowest BCUT2D eigenvalue weighted by Crippen LogP contribution is -2.22. The van der Waals surface area contributed by atoms with Gasteiger partial charge in [-0.25, -0.2) is 0 Å². The second kappa shape index (κ2) is 5.75. The van der Waals surface area contributed by atoms with Crippen LogP contribution in [0.5, 0.6) is 5.75 Å². The summed E-state index contributed by atoms with van der Waals surface area (Å²) in [6, 6.07) is 7.68. The Bertz CT molecular complexity index is 399. The Morgan fingerprint density at radius 3 is 2.29 bits per heavy atom. The van der Waals surface area contributed by atoms with Gasteiger partial charge in [-0.05, 0) is 52.0 Å². The number of hydrogen-bond acceptors (Lipinski definition) is 2. The van der Waals surface area contributed by atoms with Gasteiger partial charge in [-0.3, -0.25) is 0 Å². The molecule has 2 heteroatoms.